The van der Waals surface area contributed by atoms with Crippen molar-refractivity contribution in [1.82, 2.24) is 4.90 Å². The average Bonchev–Trinajstić information content (AvgIpc) is 2.69. The minimum absolute atomic E-state index is 0.0110. The van der Waals surface area contributed by atoms with Crippen molar-refractivity contribution in [3.8, 4) is 11.5 Å². The maximum absolute atomic E-state index is 13.4. The summed E-state index contributed by atoms with van der Waals surface area (Å²) in [4.78, 5) is 2.13. The van der Waals surface area contributed by atoms with Crippen LogP contribution in [0.4, 0.5) is 4.39 Å². The van der Waals surface area contributed by atoms with Crippen LogP contribution in [0.15, 0.2) is 48.5 Å². The van der Waals surface area contributed by atoms with Crippen LogP contribution in [-0.2, 0) is 6.54 Å². The van der Waals surface area contributed by atoms with E-state index in [2.05, 4.69) is 4.90 Å². The van der Waals surface area contributed by atoms with Crippen LogP contribution in [0, 0.1) is 5.82 Å². The molecule has 0 spiro atoms. The first-order valence-electron chi connectivity index (χ1n) is 9.70. The Labute approximate surface area is 165 Å². The van der Waals surface area contributed by atoms with E-state index in [1.54, 1.807) is 12.1 Å². The Hall–Kier alpha value is -2.15. The molecule has 152 valence electrons. The second kappa shape index (κ2) is 9.87. The summed E-state index contributed by atoms with van der Waals surface area (Å²) in [6, 6.07) is 13.7. The third kappa shape index (κ3) is 5.44. The molecule has 3 atom stereocenters. The molecule has 0 aliphatic heterocycles. The van der Waals surface area contributed by atoms with Crippen molar-refractivity contribution >= 4 is 0 Å². The fourth-order valence-corrected chi connectivity index (χ4v) is 3.70. The van der Waals surface area contributed by atoms with Gasteiger partial charge in [0.1, 0.15) is 36.1 Å². The molecule has 3 rings (SSSR count). The maximum Gasteiger partial charge on any atom is 0.126 e. The van der Waals surface area contributed by atoms with Gasteiger partial charge in [-0.3, -0.25) is 4.90 Å². The van der Waals surface area contributed by atoms with Gasteiger partial charge in [-0.2, -0.15) is 0 Å². The van der Waals surface area contributed by atoms with E-state index < -0.39 is 6.10 Å². The standard InChI is InChI=1S/C22H28FNO4/c1-24(15-16-8-10-18(11-9-16)27-13-12-25)20-6-3-7-21(22(20)26)28-19-5-2-4-17(23)14-19/h2,4-5,8-11,14,20-22,25-26H,3,6-7,12-13,15H2,1H3/t20-,21+,22+/m1/s1. The number of hydrogen-bond acceptors (Lipinski definition) is 5. The van der Waals surface area contributed by atoms with Gasteiger partial charge in [0.25, 0.3) is 0 Å². The van der Waals surface area contributed by atoms with Crippen molar-refractivity contribution in [2.45, 2.75) is 44.1 Å². The van der Waals surface area contributed by atoms with Crippen LogP contribution in [0.1, 0.15) is 24.8 Å². The normalized spacial score (nSPS) is 22.2. The summed E-state index contributed by atoms with van der Waals surface area (Å²) in [7, 11) is 1.99. The zero-order chi connectivity index (χ0) is 19.9. The molecule has 1 saturated carbocycles. The molecule has 0 radical (unpaired) electrons. The van der Waals surface area contributed by atoms with Gasteiger partial charge in [-0.05, 0) is 56.1 Å². The average molecular weight is 389 g/mol. The first-order valence-corrected chi connectivity index (χ1v) is 9.70. The molecule has 0 amide bonds. The van der Waals surface area contributed by atoms with E-state index in [9.17, 15) is 9.50 Å². The van der Waals surface area contributed by atoms with Crippen LogP contribution < -0.4 is 9.47 Å². The predicted molar refractivity (Wildman–Crippen MR) is 105 cm³/mol. The second-order valence-corrected chi connectivity index (χ2v) is 7.23. The van der Waals surface area contributed by atoms with E-state index in [1.165, 1.54) is 12.1 Å². The molecular weight excluding hydrogens is 361 g/mol. The summed E-state index contributed by atoms with van der Waals surface area (Å²) in [5.74, 6) is 0.829. The van der Waals surface area contributed by atoms with Crippen LogP contribution >= 0.6 is 0 Å². The molecular formula is C22H28FNO4. The third-order valence-electron chi connectivity index (χ3n) is 5.13. The van der Waals surface area contributed by atoms with Crippen molar-refractivity contribution in [2.75, 3.05) is 20.3 Å². The SMILES string of the molecule is CN(Cc1ccc(OCCO)cc1)[C@@H]1CCC[C@H](Oc2cccc(F)c2)[C@H]1O. The molecule has 1 aliphatic carbocycles. The summed E-state index contributed by atoms with van der Waals surface area (Å²) in [5.41, 5.74) is 1.11. The van der Waals surface area contributed by atoms with Crippen molar-refractivity contribution < 1.29 is 24.1 Å². The van der Waals surface area contributed by atoms with Gasteiger partial charge in [-0.15, -0.1) is 0 Å². The highest BCUT2D eigenvalue weighted by atomic mass is 19.1. The molecule has 0 saturated heterocycles. The highest BCUT2D eigenvalue weighted by molar-refractivity contribution is 5.27. The minimum atomic E-state index is -0.644. The third-order valence-corrected chi connectivity index (χ3v) is 5.13. The Morgan fingerprint density at radius 2 is 1.89 bits per heavy atom. The summed E-state index contributed by atoms with van der Waals surface area (Å²) in [6.45, 7) is 0.956. The molecule has 28 heavy (non-hydrogen) atoms. The molecule has 2 N–H and O–H groups in total. The van der Waals surface area contributed by atoms with Crippen LogP contribution in [0.5, 0.6) is 11.5 Å². The molecule has 6 heteroatoms. The number of rotatable bonds is 8. The summed E-state index contributed by atoms with van der Waals surface area (Å²) in [6.07, 6.45) is 1.59. The molecule has 0 unspecified atom stereocenters. The Morgan fingerprint density at radius 1 is 1.11 bits per heavy atom. The van der Waals surface area contributed by atoms with Crippen molar-refractivity contribution in [1.29, 1.82) is 0 Å². The van der Waals surface area contributed by atoms with E-state index in [0.29, 0.717) is 12.3 Å². The Balaban J connectivity index is 1.58. The van der Waals surface area contributed by atoms with Crippen molar-refractivity contribution in [3.05, 3.63) is 59.9 Å². The van der Waals surface area contributed by atoms with Crippen molar-refractivity contribution in [3.63, 3.8) is 0 Å². The lowest BCUT2D eigenvalue weighted by Crippen LogP contribution is -2.51. The summed E-state index contributed by atoms with van der Waals surface area (Å²) >= 11 is 0. The summed E-state index contributed by atoms with van der Waals surface area (Å²) < 4.78 is 24.7. The van der Waals surface area contributed by atoms with Crippen molar-refractivity contribution in [2.24, 2.45) is 0 Å². The first-order chi connectivity index (χ1) is 13.6. The van der Waals surface area contributed by atoms with E-state index in [-0.39, 0.29) is 31.2 Å². The predicted octanol–water partition coefficient (Wildman–Crippen LogP) is 2.99. The number of nitrogens with zero attached hydrogens (tertiary/aromatic N) is 1. The van der Waals surface area contributed by atoms with Gasteiger partial charge in [0.15, 0.2) is 0 Å². The quantitative estimate of drug-likeness (QED) is 0.727. The highest BCUT2D eigenvalue weighted by Gasteiger charge is 2.35. The van der Waals surface area contributed by atoms with Gasteiger partial charge < -0.3 is 19.7 Å². The lowest BCUT2D eigenvalue weighted by Gasteiger charge is -2.39. The molecule has 2 aromatic carbocycles. The van der Waals surface area contributed by atoms with Crippen LogP contribution in [0.25, 0.3) is 0 Å². The number of benzene rings is 2. The fourth-order valence-electron chi connectivity index (χ4n) is 3.70. The van der Waals surface area contributed by atoms with Crippen LogP contribution in [0.3, 0.4) is 0 Å². The van der Waals surface area contributed by atoms with Gasteiger partial charge in [-0.25, -0.2) is 4.39 Å². The number of aliphatic hydroxyl groups excluding tert-OH is 2. The minimum Gasteiger partial charge on any atom is -0.491 e. The molecule has 1 aliphatic rings. The van der Waals surface area contributed by atoms with Crippen LogP contribution in [-0.4, -0.2) is 53.6 Å². The van der Waals surface area contributed by atoms with Crippen LogP contribution in [0.2, 0.25) is 0 Å². The lowest BCUT2D eigenvalue weighted by molar-refractivity contribution is -0.0492. The molecule has 2 aromatic rings. The van der Waals surface area contributed by atoms with Gasteiger partial charge >= 0.3 is 0 Å². The van der Waals surface area contributed by atoms with Gasteiger partial charge in [0.05, 0.1) is 6.61 Å². The molecule has 1 fully saturated rings. The number of ether oxygens (including phenoxy) is 2. The lowest BCUT2D eigenvalue weighted by atomic mass is 9.88. The van der Waals surface area contributed by atoms with E-state index in [4.69, 9.17) is 14.6 Å². The Kier molecular flexibility index (Phi) is 7.25. The van der Waals surface area contributed by atoms with E-state index >= 15 is 0 Å². The van der Waals surface area contributed by atoms with Gasteiger partial charge in [0, 0.05) is 18.7 Å². The maximum atomic E-state index is 13.4. The Bertz CT molecular complexity index is 740. The highest BCUT2D eigenvalue weighted by Crippen LogP contribution is 2.28. The second-order valence-electron chi connectivity index (χ2n) is 7.23. The monoisotopic (exact) mass is 389 g/mol. The number of aliphatic hydroxyl groups is 2. The zero-order valence-corrected chi connectivity index (χ0v) is 16.1. The Morgan fingerprint density at radius 3 is 2.61 bits per heavy atom. The molecule has 0 heterocycles. The number of likely N-dealkylation sites (N-methyl/N-ethyl adjacent to an activating group) is 1. The molecule has 0 bridgehead atoms. The van der Waals surface area contributed by atoms with E-state index in [1.807, 2.05) is 31.3 Å². The smallest absolute Gasteiger partial charge is 0.126 e. The first kappa shape index (κ1) is 20.6. The summed E-state index contributed by atoms with van der Waals surface area (Å²) in [5, 5.41) is 19.7. The number of hydrogen-bond donors (Lipinski definition) is 2. The molecule has 0 aromatic heterocycles. The van der Waals surface area contributed by atoms with Gasteiger partial charge in [-0.1, -0.05) is 18.2 Å². The van der Waals surface area contributed by atoms with E-state index in [0.717, 1.165) is 30.6 Å². The molecule has 5 nitrogen and oxygen atoms in total. The largest absolute Gasteiger partial charge is 0.491 e. The topological polar surface area (TPSA) is 62.2 Å². The number of halogens is 1. The zero-order valence-electron chi connectivity index (χ0n) is 16.1. The fraction of sp³-hybridized carbons (Fsp3) is 0.455. The van der Waals surface area contributed by atoms with Gasteiger partial charge in [0.2, 0.25) is 0 Å².